The molecule has 0 aromatic rings. The molecule has 0 radical (unpaired) electrons. The number of nitrogens with two attached hydrogens (primary N) is 1. The van der Waals surface area contributed by atoms with Gasteiger partial charge in [0.05, 0.1) is 12.2 Å². The largest absolute Gasteiger partial charge is 0.318 e. The van der Waals surface area contributed by atoms with Gasteiger partial charge in [0.1, 0.15) is 13.1 Å². The van der Waals surface area contributed by atoms with Gasteiger partial charge in [-0.3, -0.25) is 4.90 Å². The molecule has 3 aliphatic rings. The van der Waals surface area contributed by atoms with Gasteiger partial charge in [0, 0.05) is 32.0 Å². The predicted octanol–water partition coefficient (Wildman–Crippen LogP) is 0.611. The van der Waals surface area contributed by atoms with Crippen molar-refractivity contribution >= 4 is 6.21 Å². The highest BCUT2D eigenvalue weighted by atomic mass is 15.4. The van der Waals surface area contributed by atoms with Gasteiger partial charge < -0.3 is 11.1 Å². The highest BCUT2D eigenvalue weighted by Crippen LogP contribution is 2.36. The third-order valence-corrected chi connectivity index (χ3v) is 4.91. The summed E-state index contributed by atoms with van der Waals surface area (Å²) in [6.07, 6.45) is 9.50. The summed E-state index contributed by atoms with van der Waals surface area (Å²) in [5.41, 5.74) is 6.44. The topological polar surface area (TPSA) is 44.3 Å². The first-order valence-corrected chi connectivity index (χ1v) is 8.13. The first kappa shape index (κ1) is 13.5. The van der Waals surface area contributed by atoms with Crippen LogP contribution in [-0.2, 0) is 0 Å². The minimum absolute atomic E-state index is 0.215. The number of nitrogens with one attached hydrogen (secondary N) is 1. The van der Waals surface area contributed by atoms with Crippen molar-refractivity contribution in [1.29, 1.82) is 0 Å². The molecule has 2 heterocycles. The Balaban J connectivity index is 1.61. The van der Waals surface area contributed by atoms with Crippen LogP contribution >= 0.6 is 0 Å². The SMILES string of the molecule is CCCC[N+]1=CC(N)C(N2CCNC2C2CC2)CC1. The molecule has 0 amide bonds. The van der Waals surface area contributed by atoms with Crippen LogP contribution < -0.4 is 11.1 Å². The summed E-state index contributed by atoms with van der Waals surface area (Å²) in [4.78, 5) is 2.66. The van der Waals surface area contributed by atoms with E-state index in [0.29, 0.717) is 12.2 Å². The Morgan fingerprint density at radius 3 is 2.89 bits per heavy atom. The first-order chi connectivity index (χ1) is 9.29. The third kappa shape index (κ3) is 3.01. The molecule has 108 valence electrons. The van der Waals surface area contributed by atoms with Crippen molar-refractivity contribution in [1.82, 2.24) is 10.2 Å². The van der Waals surface area contributed by atoms with Crippen LogP contribution in [0.2, 0.25) is 0 Å². The van der Waals surface area contributed by atoms with E-state index in [2.05, 4.69) is 27.9 Å². The van der Waals surface area contributed by atoms with Gasteiger partial charge in [0.2, 0.25) is 0 Å². The van der Waals surface area contributed by atoms with Gasteiger partial charge in [-0.1, -0.05) is 13.3 Å². The number of rotatable bonds is 5. The lowest BCUT2D eigenvalue weighted by molar-refractivity contribution is -0.531. The Kier molecular flexibility index (Phi) is 4.20. The third-order valence-electron chi connectivity index (χ3n) is 4.91. The molecule has 3 rings (SSSR count). The summed E-state index contributed by atoms with van der Waals surface area (Å²) in [6.45, 7) is 6.95. The Bertz CT molecular complexity index is 337. The van der Waals surface area contributed by atoms with E-state index in [1.807, 2.05) is 0 Å². The van der Waals surface area contributed by atoms with Crippen molar-refractivity contribution in [3.63, 3.8) is 0 Å². The molecule has 0 spiro atoms. The van der Waals surface area contributed by atoms with E-state index in [-0.39, 0.29) is 6.04 Å². The second kappa shape index (κ2) is 5.90. The molecule has 3 unspecified atom stereocenters. The number of hydrogen-bond donors (Lipinski definition) is 2. The van der Waals surface area contributed by atoms with Crippen LogP contribution in [0.4, 0.5) is 0 Å². The molecule has 1 saturated carbocycles. The fraction of sp³-hybridized carbons (Fsp3) is 0.933. The highest BCUT2D eigenvalue weighted by Gasteiger charge is 2.43. The minimum Gasteiger partial charge on any atom is -0.318 e. The maximum absolute atomic E-state index is 6.44. The normalized spacial score (nSPS) is 36.5. The lowest BCUT2D eigenvalue weighted by atomic mass is 10.00. The molecule has 19 heavy (non-hydrogen) atoms. The standard InChI is InChI=1S/C15H29N4/c1-2-3-8-18-9-6-14(13(16)11-18)19-10-7-17-15(19)12-4-5-12/h11-15,17H,2-10,16H2,1H3/q+1. The molecule has 0 aromatic heterocycles. The summed E-state index contributed by atoms with van der Waals surface area (Å²) >= 11 is 0. The Morgan fingerprint density at radius 1 is 1.37 bits per heavy atom. The first-order valence-electron chi connectivity index (χ1n) is 8.13. The monoisotopic (exact) mass is 265 g/mol. The Labute approximate surface area is 117 Å². The Morgan fingerprint density at radius 2 is 2.21 bits per heavy atom. The van der Waals surface area contributed by atoms with Crippen molar-refractivity contribution in [3.8, 4) is 0 Å². The zero-order valence-electron chi connectivity index (χ0n) is 12.2. The second-order valence-electron chi connectivity index (χ2n) is 6.45. The zero-order chi connectivity index (χ0) is 13.2. The number of hydrogen-bond acceptors (Lipinski definition) is 3. The number of unbranched alkanes of at least 4 members (excludes halogenated alkanes) is 1. The highest BCUT2D eigenvalue weighted by molar-refractivity contribution is 5.60. The van der Waals surface area contributed by atoms with Gasteiger partial charge in [-0.2, -0.15) is 0 Å². The molecule has 4 nitrogen and oxygen atoms in total. The molecule has 0 aromatic carbocycles. The molecule has 2 aliphatic heterocycles. The van der Waals surface area contributed by atoms with Crippen LogP contribution in [0.3, 0.4) is 0 Å². The van der Waals surface area contributed by atoms with Crippen molar-refractivity contribution in [2.75, 3.05) is 26.2 Å². The predicted molar refractivity (Wildman–Crippen MR) is 78.6 cm³/mol. The van der Waals surface area contributed by atoms with Gasteiger partial charge >= 0.3 is 0 Å². The van der Waals surface area contributed by atoms with Crippen molar-refractivity contribution in [3.05, 3.63) is 0 Å². The quantitative estimate of drug-likeness (QED) is 0.716. The van der Waals surface area contributed by atoms with Crippen LogP contribution in [0.5, 0.6) is 0 Å². The van der Waals surface area contributed by atoms with Crippen LogP contribution in [-0.4, -0.2) is 60.1 Å². The van der Waals surface area contributed by atoms with Gasteiger partial charge in [-0.05, 0) is 18.8 Å². The Hall–Kier alpha value is -0.450. The summed E-state index contributed by atoms with van der Waals surface area (Å²) in [5, 5.41) is 3.67. The summed E-state index contributed by atoms with van der Waals surface area (Å²) in [6, 6.07) is 0.769. The van der Waals surface area contributed by atoms with Gasteiger partial charge in [0.15, 0.2) is 6.21 Å². The van der Waals surface area contributed by atoms with E-state index in [0.717, 1.165) is 12.5 Å². The molecule has 1 aliphatic carbocycles. The molecule has 0 bridgehead atoms. The lowest BCUT2D eigenvalue weighted by Crippen LogP contribution is -2.56. The zero-order valence-corrected chi connectivity index (χ0v) is 12.2. The fourth-order valence-corrected chi connectivity index (χ4v) is 3.66. The van der Waals surface area contributed by atoms with Crippen molar-refractivity contribution < 1.29 is 4.58 Å². The van der Waals surface area contributed by atoms with Gasteiger partial charge in [-0.15, -0.1) is 0 Å². The average molecular weight is 265 g/mol. The van der Waals surface area contributed by atoms with E-state index in [4.69, 9.17) is 5.73 Å². The summed E-state index contributed by atoms with van der Waals surface area (Å²) in [5.74, 6) is 0.896. The van der Waals surface area contributed by atoms with E-state index in [1.54, 1.807) is 0 Å². The lowest BCUT2D eigenvalue weighted by Gasteiger charge is -2.36. The van der Waals surface area contributed by atoms with E-state index < -0.39 is 0 Å². The van der Waals surface area contributed by atoms with E-state index >= 15 is 0 Å². The maximum atomic E-state index is 6.44. The molecule has 1 saturated heterocycles. The molecule has 3 atom stereocenters. The van der Waals surface area contributed by atoms with E-state index in [1.165, 1.54) is 51.7 Å². The van der Waals surface area contributed by atoms with Crippen molar-refractivity contribution in [2.45, 2.75) is 57.3 Å². The second-order valence-corrected chi connectivity index (χ2v) is 6.45. The molecular formula is C15H29N4+. The maximum Gasteiger partial charge on any atom is 0.158 e. The molecule has 4 heteroatoms. The van der Waals surface area contributed by atoms with Crippen LogP contribution in [0.1, 0.15) is 39.0 Å². The average Bonchev–Trinajstić information content (AvgIpc) is 3.15. The minimum atomic E-state index is 0.215. The van der Waals surface area contributed by atoms with Crippen LogP contribution in [0.25, 0.3) is 0 Å². The fourth-order valence-electron chi connectivity index (χ4n) is 3.66. The molecule has 3 N–H and O–H groups in total. The van der Waals surface area contributed by atoms with Gasteiger partial charge in [-0.25, -0.2) is 4.58 Å². The molecule has 2 fully saturated rings. The van der Waals surface area contributed by atoms with Crippen LogP contribution in [0.15, 0.2) is 0 Å². The molecular weight excluding hydrogens is 236 g/mol. The smallest absolute Gasteiger partial charge is 0.158 e. The summed E-state index contributed by atoms with van der Waals surface area (Å²) < 4.78 is 2.44. The number of nitrogens with zero attached hydrogens (tertiary/aromatic N) is 2. The van der Waals surface area contributed by atoms with Crippen LogP contribution in [0, 0.1) is 5.92 Å². The van der Waals surface area contributed by atoms with Crippen molar-refractivity contribution in [2.24, 2.45) is 11.7 Å². The van der Waals surface area contributed by atoms with E-state index in [9.17, 15) is 0 Å². The van der Waals surface area contributed by atoms with Gasteiger partial charge in [0.25, 0.3) is 0 Å². The summed E-state index contributed by atoms with van der Waals surface area (Å²) in [7, 11) is 0.